The van der Waals surface area contributed by atoms with Crippen LogP contribution in [0.3, 0.4) is 0 Å². The lowest BCUT2D eigenvalue weighted by Crippen LogP contribution is -2.44. The molecule has 1 amide bonds. The predicted octanol–water partition coefficient (Wildman–Crippen LogP) is 2.76. The summed E-state index contributed by atoms with van der Waals surface area (Å²) in [4.78, 5) is 54.4. The van der Waals surface area contributed by atoms with E-state index in [0.29, 0.717) is 5.58 Å². The first-order chi connectivity index (χ1) is 17.2. The molecule has 0 fully saturated rings. The molecule has 4 rings (SSSR count). The number of aromatic amines is 1. The van der Waals surface area contributed by atoms with Crippen molar-refractivity contribution in [3.63, 3.8) is 0 Å². The Balaban J connectivity index is 1.60. The highest BCUT2D eigenvalue weighted by Crippen LogP contribution is 2.21. The Kier molecular flexibility index (Phi) is 7.05. The van der Waals surface area contributed by atoms with Crippen LogP contribution in [0.4, 0.5) is 11.5 Å². The van der Waals surface area contributed by atoms with Crippen LogP contribution in [0.25, 0.3) is 11.0 Å². The first-order valence-electron chi connectivity index (χ1n) is 11.4. The maximum absolute atomic E-state index is 13.2. The van der Waals surface area contributed by atoms with Crippen molar-refractivity contribution in [2.24, 2.45) is 5.92 Å². The maximum atomic E-state index is 13.2. The predicted molar refractivity (Wildman–Crippen MR) is 135 cm³/mol. The van der Waals surface area contributed by atoms with E-state index in [9.17, 15) is 19.2 Å². The number of carbonyl (C=O) groups is 2. The summed E-state index contributed by atoms with van der Waals surface area (Å²) in [6.45, 7) is 3.26. The highest BCUT2D eigenvalue weighted by Gasteiger charge is 2.26. The molecular formula is C26H26N4O6. The highest BCUT2D eigenvalue weighted by atomic mass is 16.5. The van der Waals surface area contributed by atoms with Gasteiger partial charge < -0.3 is 19.8 Å². The standard InChI is InChI=1S/C26H26N4O6/c1-16(2)13-29(21(31)15-35-25(33)20-12-18-10-6-7-11-19(18)36-20)22-23(27)30(26(34)28-24(22)32)14-17-8-4-3-5-9-17/h3-12,16H,13-15,27H2,1-2H3,(H,28,32,34). The second-order valence-electron chi connectivity index (χ2n) is 8.69. The van der Waals surface area contributed by atoms with Gasteiger partial charge in [-0.05, 0) is 23.6 Å². The van der Waals surface area contributed by atoms with Crippen molar-refractivity contribution in [1.82, 2.24) is 9.55 Å². The number of hydrogen-bond donors (Lipinski definition) is 2. The van der Waals surface area contributed by atoms with Crippen molar-refractivity contribution in [2.75, 3.05) is 23.8 Å². The summed E-state index contributed by atoms with van der Waals surface area (Å²) in [6.07, 6.45) is 0. The third kappa shape index (κ3) is 5.22. The zero-order chi connectivity index (χ0) is 25.8. The van der Waals surface area contributed by atoms with Crippen molar-refractivity contribution in [1.29, 1.82) is 0 Å². The van der Waals surface area contributed by atoms with Crippen LogP contribution in [-0.4, -0.2) is 34.6 Å². The Hall–Kier alpha value is -4.60. The van der Waals surface area contributed by atoms with Crippen molar-refractivity contribution < 1.29 is 18.7 Å². The largest absolute Gasteiger partial charge is 0.450 e. The van der Waals surface area contributed by atoms with Gasteiger partial charge in [0.25, 0.3) is 11.5 Å². The summed E-state index contributed by atoms with van der Waals surface area (Å²) in [6, 6.07) is 17.7. The minimum absolute atomic E-state index is 0.0480. The fourth-order valence-electron chi connectivity index (χ4n) is 3.80. The zero-order valence-corrected chi connectivity index (χ0v) is 19.9. The molecule has 2 aromatic heterocycles. The summed E-state index contributed by atoms with van der Waals surface area (Å²) >= 11 is 0. The molecule has 3 N–H and O–H groups in total. The van der Waals surface area contributed by atoms with E-state index in [-0.39, 0.29) is 36.3 Å². The topological polar surface area (TPSA) is 141 Å². The fourth-order valence-corrected chi connectivity index (χ4v) is 3.80. The summed E-state index contributed by atoms with van der Waals surface area (Å²) in [5, 5.41) is 0.720. The van der Waals surface area contributed by atoms with Gasteiger partial charge in [0.15, 0.2) is 12.3 Å². The first kappa shape index (κ1) is 24.5. The van der Waals surface area contributed by atoms with E-state index in [1.165, 1.54) is 10.6 Å². The number of para-hydroxylation sites is 1. The second-order valence-corrected chi connectivity index (χ2v) is 8.69. The average Bonchev–Trinajstić information content (AvgIpc) is 3.29. The smallest absolute Gasteiger partial charge is 0.374 e. The molecule has 0 radical (unpaired) electrons. The number of rotatable bonds is 8. The molecule has 0 bridgehead atoms. The van der Waals surface area contributed by atoms with Crippen LogP contribution in [0.1, 0.15) is 30.0 Å². The average molecular weight is 491 g/mol. The number of nitrogens with two attached hydrogens (primary N) is 1. The summed E-state index contributed by atoms with van der Waals surface area (Å²) < 4.78 is 11.9. The number of nitrogen functional groups attached to an aromatic ring is 1. The Morgan fingerprint density at radius 2 is 1.78 bits per heavy atom. The highest BCUT2D eigenvalue weighted by molar-refractivity contribution is 5.99. The van der Waals surface area contributed by atoms with Crippen LogP contribution < -0.4 is 21.9 Å². The number of anilines is 2. The molecule has 186 valence electrons. The third-order valence-electron chi connectivity index (χ3n) is 5.47. The van der Waals surface area contributed by atoms with E-state index in [4.69, 9.17) is 14.9 Å². The first-order valence-corrected chi connectivity index (χ1v) is 11.4. The molecule has 2 heterocycles. The number of carbonyl (C=O) groups excluding carboxylic acids is 2. The van der Waals surface area contributed by atoms with Gasteiger partial charge in [-0.25, -0.2) is 9.59 Å². The molecule has 0 aliphatic carbocycles. The molecule has 4 aromatic rings. The van der Waals surface area contributed by atoms with Gasteiger partial charge in [-0.3, -0.25) is 19.1 Å². The van der Waals surface area contributed by atoms with Crippen LogP contribution in [0.2, 0.25) is 0 Å². The van der Waals surface area contributed by atoms with Crippen LogP contribution in [0.15, 0.2) is 74.7 Å². The molecule has 0 unspecified atom stereocenters. The number of aromatic nitrogens is 2. The van der Waals surface area contributed by atoms with Gasteiger partial charge >= 0.3 is 11.7 Å². The zero-order valence-electron chi connectivity index (χ0n) is 19.9. The van der Waals surface area contributed by atoms with Gasteiger partial charge in [-0.2, -0.15) is 0 Å². The lowest BCUT2D eigenvalue weighted by atomic mass is 10.2. The molecule has 10 heteroatoms. The van der Waals surface area contributed by atoms with Gasteiger partial charge in [0, 0.05) is 11.9 Å². The Labute approximate surface area is 205 Å². The summed E-state index contributed by atoms with van der Waals surface area (Å²) in [5.74, 6) is -1.76. The van der Waals surface area contributed by atoms with Crippen LogP contribution in [-0.2, 0) is 16.1 Å². The van der Waals surface area contributed by atoms with Crippen molar-refractivity contribution in [2.45, 2.75) is 20.4 Å². The third-order valence-corrected chi connectivity index (χ3v) is 5.47. The molecule has 2 aromatic carbocycles. The summed E-state index contributed by atoms with van der Waals surface area (Å²) in [5.41, 5.74) is 5.88. The number of nitrogens with one attached hydrogen (secondary N) is 1. The van der Waals surface area contributed by atoms with Gasteiger partial charge in [0.2, 0.25) is 5.76 Å². The maximum Gasteiger partial charge on any atom is 0.374 e. The molecule has 36 heavy (non-hydrogen) atoms. The normalized spacial score (nSPS) is 11.1. The fraction of sp³-hybridized carbons (Fsp3) is 0.231. The molecule has 0 saturated carbocycles. The van der Waals surface area contributed by atoms with Crippen molar-refractivity contribution >= 4 is 34.4 Å². The summed E-state index contributed by atoms with van der Waals surface area (Å²) in [7, 11) is 0. The number of nitrogens with zero attached hydrogens (tertiary/aromatic N) is 2. The molecular weight excluding hydrogens is 464 g/mol. The molecule has 0 atom stereocenters. The van der Waals surface area contributed by atoms with E-state index in [1.54, 1.807) is 24.3 Å². The second kappa shape index (κ2) is 10.3. The Morgan fingerprint density at radius 3 is 2.47 bits per heavy atom. The van der Waals surface area contributed by atoms with Gasteiger partial charge in [-0.1, -0.05) is 62.4 Å². The SMILES string of the molecule is CC(C)CN(C(=O)COC(=O)c1cc2ccccc2o1)c1c(N)n(Cc2ccccc2)c(=O)[nH]c1=O. The monoisotopic (exact) mass is 490 g/mol. The van der Waals surface area contributed by atoms with Crippen molar-refractivity contribution in [3.05, 3.63) is 92.8 Å². The Bertz CT molecular complexity index is 1480. The Morgan fingerprint density at radius 1 is 1.08 bits per heavy atom. The number of benzene rings is 2. The minimum atomic E-state index is -0.819. The van der Waals surface area contributed by atoms with E-state index in [1.807, 2.05) is 44.2 Å². The van der Waals surface area contributed by atoms with Crippen LogP contribution in [0, 0.1) is 5.92 Å². The van der Waals surface area contributed by atoms with E-state index >= 15 is 0 Å². The minimum Gasteiger partial charge on any atom is -0.450 e. The molecule has 0 aliphatic rings. The van der Waals surface area contributed by atoms with E-state index in [0.717, 1.165) is 15.8 Å². The number of ether oxygens (including phenoxy) is 1. The number of hydrogen-bond acceptors (Lipinski definition) is 7. The van der Waals surface area contributed by atoms with Crippen LogP contribution in [0.5, 0.6) is 0 Å². The van der Waals surface area contributed by atoms with Crippen LogP contribution >= 0.6 is 0 Å². The number of amides is 1. The lowest BCUT2D eigenvalue weighted by Gasteiger charge is -2.26. The quantitative estimate of drug-likeness (QED) is 0.362. The van der Waals surface area contributed by atoms with E-state index in [2.05, 4.69) is 4.98 Å². The number of H-pyrrole nitrogens is 1. The molecule has 0 spiro atoms. The van der Waals surface area contributed by atoms with Gasteiger partial charge in [0.1, 0.15) is 11.4 Å². The lowest BCUT2D eigenvalue weighted by molar-refractivity contribution is -0.121. The van der Waals surface area contributed by atoms with Gasteiger partial charge in [-0.15, -0.1) is 0 Å². The molecule has 10 nitrogen and oxygen atoms in total. The van der Waals surface area contributed by atoms with Crippen molar-refractivity contribution in [3.8, 4) is 0 Å². The number of fused-ring (bicyclic) bond motifs is 1. The van der Waals surface area contributed by atoms with E-state index < -0.39 is 29.7 Å². The van der Waals surface area contributed by atoms with Gasteiger partial charge in [0.05, 0.1) is 6.54 Å². The number of esters is 1. The molecule has 0 aliphatic heterocycles. The number of furan rings is 1. The molecule has 0 saturated heterocycles.